The van der Waals surface area contributed by atoms with E-state index in [0.29, 0.717) is 19.0 Å². The van der Waals surface area contributed by atoms with Gasteiger partial charge in [-0.15, -0.1) is 0 Å². The Kier molecular flexibility index (Phi) is 5.24. The average Bonchev–Trinajstić information content (AvgIpc) is 2.48. The maximum atomic E-state index is 12.8. The molecule has 1 fully saturated rings. The highest BCUT2D eigenvalue weighted by Crippen LogP contribution is 2.25. The van der Waals surface area contributed by atoms with Crippen molar-refractivity contribution in [3.05, 3.63) is 29.8 Å². The Hall–Kier alpha value is -1.11. The van der Waals surface area contributed by atoms with Gasteiger partial charge in [-0.1, -0.05) is 18.2 Å². The third-order valence-corrected chi connectivity index (χ3v) is 5.97. The summed E-state index contributed by atoms with van der Waals surface area (Å²) >= 11 is 0. The fourth-order valence-corrected chi connectivity index (χ4v) is 4.46. The van der Waals surface area contributed by atoms with Gasteiger partial charge >= 0.3 is 10.2 Å². The van der Waals surface area contributed by atoms with Gasteiger partial charge in [0.15, 0.2) is 0 Å². The Morgan fingerprint density at radius 2 is 2.10 bits per heavy atom. The van der Waals surface area contributed by atoms with Gasteiger partial charge in [0.25, 0.3) is 0 Å². The molecule has 0 bridgehead atoms. The molecule has 1 N–H and O–H groups in total. The highest BCUT2D eigenvalue weighted by atomic mass is 32.2. The maximum absolute atomic E-state index is 12.8. The first-order chi connectivity index (χ1) is 9.96. The summed E-state index contributed by atoms with van der Waals surface area (Å²) in [5.74, 6) is 0.392. The van der Waals surface area contributed by atoms with Crippen molar-refractivity contribution in [2.24, 2.45) is 5.92 Å². The fraction of sp³-hybridized carbons (Fsp3) is 0.600. The smallest absolute Gasteiger partial charge is 0.303 e. The Balaban J connectivity index is 2.19. The number of para-hydroxylation sites is 1. The van der Waals surface area contributed by atoms with Gasteiger partial charge in [-0.25, -0.2) is 0 Å². The zero-order chi connectivity index (χ0) is 15.5. The van der Waals surface area contributed by atoms with Crippen molar-refractivity contribution in [3.8, 4) is 0 Å². The fourth-order valence-electron chi connectivity index (χ4n) is 2.91. The topological polar surface area (TPSA) is 52.7 Å². The minimum atomic E-state index is -3.45. The third-order valence-electron chi connectivity index (χ3n) is 4.10. The number of benzene rings is 1. The zero-order valence-corrected chi connectivity index (χ0v) is 13.9. The normalized spacial score (nSPS) is 20.4. The van der Waals surface area contributed by atoms with Gasteiger partial charge in [0.05, 0.1) is 5.69 Å². The molecule has 1 aliphatic heterocycles. The van der Waals surface area contributed by atoms with Crippen LogP contribution in [0.5, 0.6) is 0 Å². The SMILES string of the molecule is CNCC1CCCN(S(=O)(=O)N(C)c2ccccc2C)C1. The van der Waals surface area contributed by atoms with E-state index in [1.807, 2.05) is 38.2 Å². The molecule has 0 spiro atoms. The molecular weight excluding hydrogens is 286 g/mol. The van der Waals surface area contributed by atoms with Gasteiger partial charge in [-0.3, -0.25) is 4.31 Å². The second kappa shape index (κ2) is 6.77. The van der Waals surface area contributed by atoms with Crippen LogP contribution in [0.15, 0.2) is 24.3 Å². The van der Waals surface area contributed by atoms with E-state index in [2.05, 4.69) is 5.32 Å². The highest BCUT2D eigenvalue weighted by Gasteiger charge is 2.32. The predicted molar refractivity (Wildman–Crippen MR) is 86.7 cm³/mol. The van der Waals surface area contributed by atoms with E-state index >= 15 is 0 Å². The van der Waals surface area contributed by atoms with Crippen LogP contribution in [0.2, 0.25) is 0 Å². The second-order valence-corrected chi connectivity index (χ2v) is 7.65. The van der Waals surface area contributed by atoms with Gasteiger partial charge in [-0.05, 0) is 50.9 Å². The number of anilines is 1. The van der Waals surface area contributed by atoms with Crippen LogP contribution in [0, 0.1) is 12.8 Å². The lowest BCUT2D eigenvalue weighted by Gasteiger charge is -2.35. The molecule has 1 atom stereocenters. The number of nitrogens with one attached hydrogen (secondary N) is 1. The molecule has 2 rings (SSSR count). The van der Waals surface area contributed by atoms with Crippen molar-refractivity contribution < 1.29 is 8.42 Å². The second-order valence-electron chi connectivity index (χ2n) is 5.69. The van der Waals surface area contributed by atoms with Crippen LogP contribution in [0.25, 0.3) is 0 Å². The Bertz CT molecular complexity index is 572. The maximum Gasteiger partial charge on any atom is 0.303 e. The first-order valence-electron chi connectivity index (χ1n) is 7.41. The van der Waals surface area contributed by atoms with E-state index in [1.54, 1.807) is 11.4 Å². The molecule has 0 saturated carbocycles. The molecule has 1 unspecified atom stereocenters. The number of hydrogen-bond acceptors (Lipinski definition) is 3. The predicted octanol–water partition coefficient (Wildman–Crippen LogP) is 1.61. The Morgan fingerprint density at radius 3 is 2.76 bits per heavy atom. The monoisotopic (exact) mass is 311 g/mol. The Labute approximate surface area is 128 Å². The molecule has 5 nitrogen and oxygen atoms in total. The highest BCUT2D eigenvalue weighted by molar-refractivity contribution is 7.90. The largest absolute Gasteiger partial charge is 0.319 e. The van der Waals surface area contributed by atoms with Crippen molar-refractivity contribution in [2.45, 2.75) is 19.8 Å². The van der Waals surface area contributed by atoms with Crippen molar-refractivity contribution in [3.63, 3.8) is 0 Å². The third kappa shape index (κ3) is 3.56. The van der Waals surface area contributed by atoms with Crippen LogP contribution in [0.4, 0.5) is 5.69 Å². The first kappa shape index (κ1) is 16.3. The van der Waals surface area contributed by atoms with Crippen LogP contribution in [0.1, 0.15) is 18.4 Å². The lowest BCUT2D eigenvalue weighted by atomic mass is 10.00. The molecule has 21 heavy (non-hydrogen) atoms. The summed E-state index contributed by atoms with van der Waals surface area (Å²) in [7, 11) is 0.0979. The minimum Gasteiger partial charge on any atom is -0.319 e. The molecule has 1 aliphatic rings. The summed E-state index contributed by atoms with van der Waals surface area (Å²) < 4.78 is 28.7. The quantitative estimate of drug-likeness (QED) is 0.899. The number of hydrogen-bond donors (Lipinski definition) is 1. The molecular formula is C15H25N3O2S. The number of rotatable bonds is 5. The van der Waals surface area contributed by atoms with Crippen LogP contribution < -0.4 is 9.62 Å². The standard InChI is InChI=1S/C15H25N3O2S/c1-13-7-4-5-9-15(13)17(3)21(19,20)18-10-6-8-14(12-18)11-16-2/h4-5,7,9,14,16H,6,8,10-12H2,1-3H3. The van der Waals surface area contributed by atoms with E-state index in [1.165, 1.54) is 4.31 Å². The molecule has 6 heteroatoms. The first-order valence-corrected chi connectivity index (χ1v) is 8.80. The van der Waals surface area contributed by atoms with Gasteiger partial charge in [-0.2, -0.15) is 12.7 Å². The summed E-state index contributed by atoms with van der Waals surface area (Å²) in [6, 6.07) is 7.57. The molecule has 118 valence electrons. The van der Waals surface area contributed by atoms with Crippen molar-refractivity contribution >= 4 is 15.9 Å². The lowest BCUT2D eigenvalue weighted by Crippen LogP contribution is -2.48. The lowest BCUT2D eigenvalue weighted by molar-refractivity contribution is 0.263. The van der Waals surface area contributed by atoms with Crippen LogP contribution >= 0.6 is 0 Å². The summed E-state index contributed by atoms with van der Waals surface area (Å²) in [5, 5.41) is 3.14. The molecule has 1 aromatic rings. The summed E-state index contributed by atoms with van der Waals surface area (Å²) in [6.07, 6.45) is 2.01. The molecule has 1 heterocycles. The van der Waals surface area contributed by atoms with Crippen LogP contribution in [-0.2, 0) is 10.2 Å². The summed E-state index contributed by atoms with van der Waals surface area (Å²) in [5.41, 5.74) is 1.71. The van der Waals surface area contributed by atoms with Crippen molar-refractivity contribution in [1.29, 1.82) is 0 Å². The Morgan fingerprint density at radius 1 is 1.38 bits per heavy atom. The van der Waals surface area contributed by atoms with Crippen LogP contribution in [0.3, 0.4) is 0 Å². The van der Waals surface area contributed by atoms with Crippen molar-refractivity contribution in [2.75, 3.05) is 38.0 Å². The molecule has 0 radical (unpaired) electrons. The van der Waals surface area contributed by atoms with Crippen LogP contribution in [-0.4, -0.2) is 46.5 Å². The number of piperidine rings is 1. The summed E-state index contributed by atoms with van der Waals surface area (Å²) in [4.78, 5) is 0. The molecule has 1 aromatic carbocycles. The molecule has 0 aliphatic carbocycles. The van der Waals surface area contributed by atoms with Gasteiger partial charge in [0.1, 0.15) is 0 Å². The van der Waals surface area contributed by atoms with Gasteiger partial charge in [0, 0.05) is 20.1 Å². The molecule has 1 saturated heterocycles. The average molecular weight is 311 g/mol. The number of nitrogens with zero attached hydrogens (tertiary/aromatic N) is 2. The zero-order valence-electron chi connectivity index (χ0n) is 13.0. The summed E-state index contributed by atoms with van der Waals surface area (Å²) in [6.45, 7) is 4.00. The molecule has 0 aromatic heterocycles. The van der Waals surface area contributed by atoms with E-state index in [4.69, 9.17) is 0 Å². The van der Waals surface area contributed by atoms with E-state index in [-0.39, 0.29) is 0 Å². The molecule has 0 amide bonds. The van der Waals surface area contributed by atoms with E-state index < -0.39 is 10.2 Å². The number of aryl methyl sites for hydroxylation is 1. The van der Waals surface area contributed by atoms with Gasteiger partial charge in [0.2, 0.25) is 0 Å². The van der Waals surface area contributed by atoms with Gasteiger partial charge < -0.3 is 5.32 Å². The minimum absolute atomic E-state index is 0.392. The van der Waals surface area contributed by atoms with E-state index in [9.17, 15) is 8.42 Å². The van der Waals surface area contributed by atoms with E-state index in [0.717, 1.165) is 30.6 Å². The van der Waals surface area contributed by atoms with Crippen molar-refractivity contribution in [1.82, 2.24) is 9.62 Å².